The monoisotopic (exact) mass is 252 g/mol. The van der Waals surface area contributed by atoms with Crippen LogP contribution in [0.25, 0.3) is 10.2 Å². The number of H-pyrrole nitrogens is 1. The minimum Gasteiger partial charge on any atom is -0.395 e. The second-order valence-electron chi connectivity index (χ2n) is 4.17. The van der Waals surface area contributed by atoms with Crippen molar-refractivity contribution in [2.24, 2.45) is 0 Å². The van der Waals surface area contributed by atoms with E-state index in [1.165, 1.54) is 16.2 Å². The second-order valence-corrected chi connectivity index (χ2v) is 5.28. The molecule has 90 valence electrons. The number of thiophene rings is 1. The number of nitrogens with zero attached hydrogens (tertiary/aromatic N) is 1. The predicted molar refractivity (Wildman–Crippen MR) is 65.8 cm³/mol. The third-order valence-electron chi connectivity index (χ3n) is 3.17. The molecular weight excluding hydrogens is 240 g/mol. The van der Waals surface area contributed by atoms with E-state index < -0.39 is 5.69 Å². The molecule has 0 spiro atoms. The van der Waals surface area contributed by atoms with Crippen LogP contribution in [-0.2, 0) is 19.4 Å². The van der Waals surface area contributed by atoms with Gasteiger partial charge in [0.25, 0.3) is 5.56 Å². The van der Waals surface area contributed by atoms with Crippen molar-refractivity contribution in [1.82, 2.24) is 9.55 Å². The van der Waals surface area contributed by atoms with Crippen LogP contribution in [0.1, 0.15) is 16.9 Å². The molecule has 0 amide bonds. The van der Waals surface area contributed by atoms with Gasteiger partial charge in [-0.25, -0.2) is 4.79 Å². The quantitative estimate of drug-likeness (QED) is 0.803. The number of hydrogen-bond acceptors (Lipinski definition) is 4. The van der Waals surface area contributed by atoms with E-state index in [2.05, 4.69) is 4.98 Å². The number of aryl methyl sites for hydroxylation is 2. The maximum Gasteiger partial charge on any atom is 0.329 e. The average Bonchev–Trinajstić information content (AvgIpc) is 2.83. The molecule has 5 nitrogen and oxygen atoms in total. The van der Waals surface area contributed by atoms with Crippen LogP contribution in [0.3, 0.4) is 0 Å². The zero-order chi connectivity index (χ0) is 12.0. The Morgan fingerprint density at radius 2 is 2.18 bits per heavy atom. The van der Waals surface area contributed by atoms with Crippen LogP contribution in [-0.4, -0.2) is 21.3 Å². The number of rotatable bonds is 2. The van der Waals surface area contributed by atoms with Crippen LogP contribution in [0, 0.1) is 0 Å². The van der Waals surface area contributed by atoms with Crippen LogP contribution in [0.4, 0.5) is 0 Å². The largest absolute Gasteiger partial charge is 0.395 e. The summed E-state index contributed by atoms with van der Waals surface area (Å²) < 4.78 is 1.08. The van der Waals surface area contributed by atoms with E-state index in [-0.39, 0.29) is 18.7 Å². The van der Waals surface area contributed by atoms with E-state index in [1.807, 2.05) is 0 Å². The van der Waals surface area contributed by atoms with Gasteiger partial charge in [-0.15, -0.1) is 11.3 Å². The molecule has 0 bridgehead atoms. The molecule has 0 saturated heterocycles. The summed E-state index contributed by atoms with van der Waals surface area (Å²) in [6.07, 6.45) is 2.99. The van der Waals surface area contributed by atoms with Gasteiger partial charge in [-0.2, -0.15) is 0 Å². The fourth-order valence-electron chi connectivity index (χ4n) is 2.41. The zero-order valence-electron chi connectivity index (χ0n) is 9.15. The van der Waals surface area contributed by atoms with Gasteiger partial charge in [-0.3, -0.25) is 14.3 Å². The Morgan fingerprint density at radius 3 is 2.94 bits per heavy atom. The highest BCUT2D eigenvalue weighted by Gasteiger charge is 2.21. The van der Waals surface area contributed by atoms with Crippen LogP contribution in [0.2, 0.25) is 0 Å². The highest BCUT2D eigenvalue weighted by atomic mass is 32.1. The van der Waals surface area contributed by atoms with Gasteiger partial charge < -0.3 is 5.11 Å². The molecule has 2 heterocycles. The van der Waals surface area contributed by atoms with Crippen LogP contribution in [0.15, 0.2) is 9.59 Å². The minimum absolute atomic E-state index is 0.0503. The predicted octanol–water partition coefficient (Wildman–Crippen LogP) is 0.232. The van der Waals surface area contributed by atoms with E-state index in [0.717, 1.165) is 29.4 Å². The lowest BCUT2D eigenvalue weighted by Gasteiger charge is -2.02. The summed E-state index contributed by atoms with van der Waals surface area (Å²) in [5.74, 6) is 0. The van der Waals surface area contributed by atoms with Crippen molar-refractivity contribution in [3.05, 3.63) is 31.3 Å². The summed E-state index contributed by atoms with van der Waals surface area (Å²) in [4.78, 5) is 28.5. The molecule has 0 radical (unpaired) electrons. The summed E-state index contributed by atoms with van der Waals surface area (Å²) >= 11 is 1.51. The maximum atomic E-state index is 12.2. The Balaban J connectivity index is 2.39. The third-order valence-corrected chi connectivity index (χ3v) is 4.38. The molecule has 2 aromatic heterocycles. The lowest BCUT2D eigenvalue weighted by atomic mass is 10.2. The van der Waals surface area contributed by atoms with Gasteiger partial charge in [0.1, 0.15) is 4.83 Å². The van der Waals surface area contributed by atoms with Crippen LogP contribution < -0.4 is 11.2 Å². The highest BCUT2D eigenvalue weighted by Crippen LogP contribution is 2.33. The molecule has 0 fully saturated rings. The number of fused-ring (bicyclic) bond motifs is 3. The molecule has 2 N–H and O–H groups in total. The van der Waals surface area contributed by atoms with Crippen molar-refractivity contribution in [2.75, 3.05) is 6.61 Å². The van der Waals surface area contributed by atoms with Crippen molar-refractivity contribution < 1.29 is 5.11 Å². The Morgan fingerprint density at radius 1 is 1.35 bits per heavy atom. The average molecular weight is 252 g/mol. The first-order valence-corrected chi connectivity index (χ1v) is 6.42. The standard InChI is InChI=1S/C11H12N2O3S/c14-5-4-13-10(15)8-6-2-1-3-7(6)17-9(8)12-11(13)16/h14H,1-5H2,(H,12,16). The SMILES string of the molecule is O=c1[nH]c2sc3c(c2c(=O)n1CCO)CCC3. The maximum absolute atomic E-state index is 12.2. The Bertz CT molecular complexity index is 695. The van der Waals surface area contributed by atoms with Crippen molar-refractivity contribution in [1.29, 1.82) is 0 Å². The topological polar surface area (TPSA) is 75.1 Å². The van der Waals surface area contributed by atoms with Crippen molar-refractivity contribution in [3.63, 3.8) is 0 Å². The first kappa shape index (κ1) is 10.7. The summed E-state index contributed by atoms with van der Waals surface area (Å²) in [6, 6.07) is 0. The van der Waals surface area contributed by atoms with Gasteiger partial charge in [-0.1, -0.05) is 0 Å². The highest BCUT2D eigenvalue weighted by molar-refractivity contribution is 7.18. The molecule has 6 heteroatoms. The fraction of sp³-hybridized carbons (Fsp3) is 0.455. The smallest absolute Gasteiger partial charge is 0.329 e. The molecule has 2 aromatic rings. The van der Waals surface area contributed by atoms with Gasteiger partial charge in [0, 0.05) is 4.88 Å². The zero-order valence-corrected chi connectivity index (χ0v) is 9.97. The summed E-state index contributed by atoms with van der Waals surface area (Å²) in [7, 11) is 0. The number of aromatic nitrogens is 2. The van der Waals surface area contributed by atoms with E-state index in [9.17, 15) is 9.59 Å². The number of aliphatic hydroxyl groups excluding tert-OH is 1. The first-order chi connectivity index (χ1) is 8.22. The number of nitrogens with one attached hydrogen (secondary N) is 1. The Labute approximate surface area is 100 Å². The molecule has 0 aromatic carbocycles. The lowest BCUT2D eigenvalue weighted by Crippen LogP contribution is -2.35. The summed E-state index contributed by atoms with van der Waals surface area (Å²) in [6.45, 7) is -0.157. The molecule has 3 rings (SSSR count). The molecule has 17 heavy (non-hydrogen) atoms. The first-order valence-electron chi connectivity index (χ1n) is 5.60. The molecule has 1 aliphatic carbocycles. The molecule has 1 aliphatic rings. The van der Waals surface area contributed by atoms with Crippen molar-refractivity contribution in [2.45, 2.75) is 25.8 Å². The molecule has 0 saturated carbocycles. The van der Waals surface area contributed by atoms with Gasteiger partial charge >= 0.3 is 5.69 Å². The van der Waals surface area contributed by atoms with Crippen LogP contribution in [0.5, 0.6) is 0 Å². The number of aliphatic hydroxyl groups is 1. The number of aromatic amines is 1. The van der Waals surface area contributed by atoms with Gasteiger partial charge in [0.15, 0.2) is 0 Å². The van der Waals surface area contributed by atoms with Gasteiger partial charge in [-0.05, 0) is 24.8 Å². The van der Waals surface area contributed by atoms with E-state index in [0.29, 0.717) is 10.2 Å². The minimum atomic E-state index is -0.434. The fourth-order valence-corrected chi connectivity index (χ4v) is 3.68. The van der Waals surface area contributed by atoms with E-state index >= 15 is 0 Å². The molecule has 0 unspecified atom stereocenters. The number of hydrogen-bond donors (Lipinski definition) is 2. The summed E-state index contributed by atoms with van der Waals surface area (Å²) in [5.41, 5.74) is 0.395. The van der Waals surface area contributed by atoms with Crippen molar-refractivity contribution >= 4 is 21.6 Å². The molecule has 0 aliphatic heterocycles. The molecule has 0 atom stereocenters. The Hall–Kier alpha value is -1.40. The van der Waals surface area contributed by atoms with E-state index in [1.54, 1.807) is 0 Å². The van der Waals surface area contributed by atoms with E-state index in [4.69, 9.17) is 5.11 Å². The normalized spacial score (nSPS) is 14.4. The Kier molecular flexibility index (Phi) is 2.41. The van der Waals surface area contributed by atoms with Gasteiger partial charge in [0.05, 0.1) is 18.5 Å². The molecular formula is C11H12N2O3S. The van der Waals surface area contributed by atoms with Gasteiger partial charge in [0.2, 0.25) is 0 Å². The second kappa shape index (κ2) is 3.82. The van der Waals surface area contributed by atoms with Crippen LogP contribution >= 0.6 is 11.3 Å². The lowest BCUT2D eigenvalue weighted by molar-refractivity contribution is 0.272. The third kappa shape index (κ3) is 1.48. The van der Waals surface area contributed by atoms with Crippen molar-refractivity contribution in [3.8, 4) is 0 Å². The summed E-state index contributed by atoms with van der Waals surface area (Å²) in [5, 5.41) is 9.52.